The van der Waals surface area contributed by atoms with Crippen LogP contribution in [0.5, 0.6) is 0 Å². The van der Waals surface area contributed by atoms with Gasteiger partial charge in [0.15, 0.2) is 0 Å². The molecule has 1 amide bonds. The highest BCUT2D eigenvalue weighted by Gasteiger charge is 2.22. The van der Waals surface area contributed by atoms with Crippen molar-refractivity contribution in [3.05, 3.63) is 35.7 Å². The highest BCUT2D eigenvalue weighted by molar-refractivity contribution is 5.92. The number of carboxylic acids is 1. The summed E-state index contributed by atoms with van der Waals surface area (Å²) in [7, 11) is 0. The zero-order valence-corrected chi connectivity index (χ0v) is 12.2. The van der Waals surface area contributed by atoms with Crippen molar-refractivity contribution >= 4 is 18.0 Å². The molecule has 20 heavy (non-hydrogen) atoms. The van der Waals surface area contributed by atoms with Crippen molar-refractivity contribution in [3.8, 4) is 0 Å². The highest BCUT2D eigenvalue weighted by atomic mass is 16.4. The molecule has 2 N–H and O–H groups in total. The normalized spacial score (nSPS) is 13.2. The molecule has 5 heteroatoms. The molecule has 1 heterocycles. The Morgan fingerprint density at radius 2 is 2.00 bits per heavy atom. The van der Waals surface area contributed by atoms with Gasteiger partial charge in [-0.25, -0.2) is 4.79 Å². The molecule has 0 spiro atoms. The van der Waals surface area contributed by atoms with E-state index in [0.29, 0.717) is 11.3 Å². The lowest BCUT2D eigenvalue weighted by atomic mass is 9.88. The van der Waals surface area contributed by atoms with Gasteiger partial charge in [0.25, 0.3) is 5.91 Å². The highest BCUT2D eigenvalue weighted by Crippen LogP contribution is 2.18. The summed E-state index contributed by atoms with van der Waals surface area (Å²) < 4.78 is 0. The Hall–Kier alpha value is -2.17. The SMILES string of the molecule is CC(NC(=O)c1ccc(/C=C/C(=O)O)cn1)C(C)(C)C. The summed E-state index contributed by atoms with van der Waals surface area (Å²) in [6.45, 7) is 8.09. The fraction of sp³-hybridized carbons (Fsp3) is 0.400. The van der Waals surface area contributed by atoms with Crippen LogP contribution in [-0.2, 0) is 4.79 Å². The van der Waals surface area contributed by atoms with Gasteiger partial charge >= 0.3 is 5.97 Å². The number of carboxylic acid groups (broad SMARTS) is 1. The lowest BCUT2D eigenvalue weighted by molar-refractivity contribution is -0.131. The third-order valence-electron chi connectivity index (χ3n) is 3.08. The third kappa shape index (κ3) is 4.84. The predicted molar refractivity (Wildman–Crippen MR) is 77.3 cm³/mol. The first-order valence-corrected chi connectivity index (χ1v) is 6.38. The number of amides is 1. The molecule has 0 fully saturated rings. The summed E-state index contributed by atoms with van der Waals surface area (Å²) in [6, 6.07) is 3.25. The van der Waals surface area contributed by atoms with Crippen LogP contribution in [0.4, 0.5) is 0 Å². The molecule has 0 aliphatic rings. The first-order chi connectivity index (χ1) is 9.20. The Morgan fingerprint density at radius 1 is 1.35 bits per heavy atom. The van der Waals surface area contributed by atoms with Crippen LogP contribution in [0.3, 0.4) is 0 Å². The number of aromatic nitrogens is 1. The molecule has 0 saturated carbocycles. The number of aliphatic carboxylic acids is 1. The van der Waals surface area contributed by atoms with Crippen molar-refractivity contribution in [3.63, 3.8) is 0 Å². The number of carbonyl (C=O) groups excluding carboxylic acids is 1. The van der Waals surface area contributed by atoms with Crippen molar-refractivity contribution in [2.45, 2.75) is 33.7 Å². The molecule has 0 aliphatic heterocycles. The van der Waals surface area contributed by atoms with E-state index in [1.807, 2.05) is 27.7 Å². The average Bonchev–Trinajstić information content (AvgIpc) is 2.35. The summed E-state index contributed by atoms with van der Waals surface area (Å²) in [6.07, 6.45) is 3.92. The zero-order chi connectivity index (χ0) is 15.3. The van der Waals surface area contributed by atoms with Crippen LogP contribution in [0.15, 0.2) is 24.4 Å². The predicted octanol–water partition coefficient (Wildman–Crippen LogP) is 2.34. The smallest absolute Gasteiger partial charge is 0.328 e. The second-order valence-corrected chi connectivity index (χ2v) is 5.71. The van der Waals surface area contributed by atoms with Gasteiger partial charge in [-0.1, -0.05) is 26.8 Å². The first kappa shape index (κ1) is 15.9. The van der Waals surface area contributed by atoms with Crippen LogP contribution in [0, 0.1) is 5.41 Å². The summed E-state index contributed by atoms with van der Waals surface area (Å²) in [4.78, 5) is 26.4. The van der Waals surface area contributed by atoms with Crippen LogP contribution in [0.25, 0.3) is 6.08 Å². The number of nitrogens with zero attached hydrogens (tertiary/aromatic N) is 1. The van der Waals surface area contributed by atoms with Crippen LogP contribution in [0.1, 0.15) is 43.7 Å². The second-order valence-electron chi connectivity index (χ2n) is 5.71. The Bertz CT molecular complexity index is 513. The first-order valence-electron chi connectivity index (χ1n) is 6.38. The molecular weight excluding hydrogens is 256 g/mol. The average molecular weight is 276 g/mol. The van der Waals surface area contributed by atoms with Gasteiger partial charge in [-0.15, -0.1) is 0 Å². The minimum atomic E-state index is -1.02. The number of hydrogen-bond acceptors (Lipinski definition) is 3. The molecule has 0 bridgehead atoms. The van der Waals surface area contributed by atoms with Gasteiger partial charge in [0.05, 0.1) is 0 Å². The Labute approximate surface area is 118 Å². The molecule has 0 saturated heterocycles. The minimum absolute atomic E-state index is 0.0170. The fourth-order valence-corrected chi connectivity index (χ4v) is 1.29. The maximum Gasteiger partial charge on any atom is 0.328 e. The topological polar surface area (TPSA) is 79.3 Å². The van der Waals surface area contributed by atoms with E-state index in [2.05, 4.69) is 10.3 Å². The van der Waals surface area contributed by atoms with Gasteiger partial charge in [0, 0.05) is 18.3 Å². The van der Waals surface area contributed by atoms with E-state index in [1.165, 1.54) is 12.3 Å². The molecule has 1 rings (SSSR count). The van der Waals surface area contributed by atoms with Crippen LogP contribution in [0.2, 0.25) is 0 Å². The molecule has 108 valence electrons. The molecular formula is C15H20N2O3. The molecule has 0 aliphatic carbocycles. The minimum Gasteiger partial charge on any atom is -0.478 e. The van der Waals surface area contributed by atoms with Gasteiger partial charge in [0.1, 0.15) is 5.69 Å². The quantitative estimate of drug-likeness (QED) is 0.827. The third-order valence-corrected chi connectivity index (χ3v) is 3.08. The van der Waals surface area contributed by atoms with Crippen LogP contribution in [-0.4, -0.2) is 28.0 Å². The van der Waals surface area contributed by atoms with E-state index in [4.69, 9.17) is 5.11 Å². The number of hydrogen-bond donors (Lipinski definition) is 2. The molecule has 0 aromatic carbocycles. The zero-order valence-electron chi connectivity index (χ0n) is 12.2. The maximum absolute atomic E-state index is 12.0. The number of rotatable bonds is 4. The molecule has 0 radical (unpaired) electrons. The Morgan fingerprint density at radius 3 is 2.45 bits per heavy atom. The summed E-state index contributed by atoms with van der Waals surface area (Å²) in [5.41, 5.74) is 0.918. The molecule has 1 aromatic heterocycles. The summed E-state index contributed by atoms with van der Waals surface area (Å²) in [5.74, 6) is -1.26. The number of pyridine rings is 1. The maximum atomic E-state index is 12.0. The van der Waals surface area contributed by atoms with E-state index < -0.39 is 5.97 Å². The van der Waals surface area contributed by atoms with Gasteiger partial charge in [-0.05, 0) is 30.0 Å². The second kappa shape index (κ2) is 6.32. The molecule has 5 nitrogen and oxygen atoms in total. The van der Waals surface area contributed by atoms with Gasteiger partial charge in [-0.2, -0.15) is 0 Å². The van der Waals surface area contributed by atoms with E-state index in [9.17, 15) is 9.59 Å². The molecule has 1 aromatic rings. The Kier molecular flexibility index (Phi) is 5.02. The van der Waals surface area contributed by atoms with Crippen molar-refractivity contribution in [2.75, 3.05) is 0 Å². The fourth-order valence-electron chi connectivity index (χ4n) is 1.29. The van der Waals surface area contributed by atoms with Crippen molar-refractivity contribution < 1.29 is 14.7 Å². The van der Waals surface area contributed by atoms with Crippen molar-refractivity contribution in [1.29, 1.82) is 0 Å². The van der Waals surface area contributed by atoms with Crippen LogP contribution >= 0.6 is 0 Å². The Balaban J connectivity index is 2.74. The lowest BCUT2D eigenvalue weighted by Crippen LogP contribution is -2.41. The van der Waals surface area contributed by atoms with E-state index in [1.54, 1.807) is 12.1 Å². The van der Waals surface area contributed by atoms with E-state index in [-0.39, 0.29) is 17.4 Å². The van der Waals surface area contributed by atoms with Crippen molar-refractivity contribution in [2.24, 2.45) is 5.41 Å². The van der Waals surface area contributed by atoms with Gasteiger partial charge in [0.2, 0.25) is 0 Å². The van der Waals surface area contributed by atoms with Crippen molar-refractivity contribution in [1.82, 2.24) is 10.3 Å². The van der Waals surface area contributed by atoms with E-state index >= 15 is 0 Å². The van der Waals surface area contributed by atoms with Gasteiger partial charge < -0.3 is 10.4 Å². The lowest BCUT2D eigenvalue weighted by Gasteiger charge is -2.27. The molecule has 1 atom stereocenters. The number of carbonyl (C=O) groups is 2. The monoisotopic (exact) mass is 276 g/mol. The summed E-state index contributed by atoms with van der Waals surface area (Å²) >= 11 is 0. The van der Waals surface area contributed by atoms with Gasteiger partial charge in [-0.3, -0.25) is 9.78 Å². The number of nitrogens with one attached hydrogen (secondary N) is 1. The van der Waals surface area contributed by atoms with E-state index in [0.717, 1.165) is 6.08 Å². The van der Waals surface area contributed by atoms with Crippen LogP contribution < -0.4 is 5.32 Å². The standard InChI is InChI=1S/C15H20N2O3/c1-10(15(2,3)4)17-14(20)12-7-5-11(9-16-12)6-8-13(18)19/h5-10H,1-4H3,(H,17,20)(H,18,19)/b8-6+. The summed E-state index contributed by atoms with van der Waals surface area (Å²) in [5, 5.41) is 11.4. The molecule has 1 unspecified atom stereocenters. The largest absolute Gasteiger partial charge is 0.478 e.